The van der Waals surface area contributed by atoms with Gasteiger partial charge in [-0.15, -0.1) is 11.3 Å². The van der Waals surface area contributed by atoms with Crippen LogP contribution in [0.3, 0.4) is 0 Å². The molecule has 0 spiro atoms. The molecule has 0 aliphatic heterocycles. The normalized spacial score (nSPS) is 10.5. The minimum absolute atomic E-state index is 0.500. The van der Waals surface area contributed by atoms with E-state index in [-0.39, 0.29) is 0 Å². The van der Waals surface area contributed by atoms with Crippen molar-refractivity contribution in [2.24, 2.45) is 5.73 Å². The van der Waals surface area contributed by atoms with Crippen molar-refractivity contribution in [1.82, 2.24) is 4.98 Å². The number of ether oxygens (including phenoxy) is 1. The lowest BCUT2D eigenvalue weighted by atomic mass is 10.3. The molecule has 0 radical (unpaired) electrons. The molecule has 0 saturated heterocycles. The lowest BCUT2D eigenvalue weighted by Crippen LogP contribution is -2.02. The summed E-state index contributed by atoms with van der Waals surface area (Å²) in [5.41, 5.74) is 6.53. The first kappa shape index (κ1) is 12.4. The van der Waals surface area contributed by atoms with Gasteiger partial charge in [0.1, 0.15) is 10.8 Å². The maximum atomic E-state index is 5.86. The van der Waals surface area contributed by atoms with Crippen molar-refractivity contribution in [2.75, 3.05) is 6.61 Å². The summed E-state index contributed by atoms with van der Waals surface area (Å²) in [7, 11) is 0. The van der Waals surface area contributed by atoms with Gasteiger partial charge in [-0.2, -0.15) is 0 Å². The first-order valence-corrected chi connectivity index (χ1v) is 6.55. The number of thiazole rings is 1. The van der Waals surface area contributed by atoms with E-state index in [2.05, 4.69) is 4.98 Å². The molecule has 2 aromatic rings. The summed E-state index contributed by atoms with van der Waals surface area (Å²) in [5, 5.41) is 3.66. The third kappa shape index (κ3) is 3.70. The van der Waals surface area contributed by atoms with Crippen LogP contribution < -0.4 is 10.5 Å². The summed E-state index contributed by atoms with van der Waals surface area (Å²) in [6.45, 7) is 1.09. The highest BCUT2D eigenvalue weighted by atomic mass is 35.5. The predicted molar refractivity (Wildman–Crippen MR) is 70.7 cm³/mol. The van der Waals surface area contributed by atoms with Gasteiger partial charge in [-0.1, -0.05) is 17.7 Å². The SMILES string of the molecule is NCc1nc(CCOc2cccc(Cl)c2)cs1. The van der Waals surface area contributed by atoms with Gasteiger partial charge < -0.3 is 10.5 Å². The van der Waals surface area contributed by atoms with E-state index in [9.17, 15) is 0 Å². The smallest absolute Gasteiger partial charge is 0.120 e. The first-order valence-electron chi connectivity index (χ1n) is 5.29. The standard InChI is InChI=1S/C12H13ClN2OS/c13-9-2-1-3-11(6-9)16-5-4-10-8-17-12(7-14)15-10/h1-3,6,8H,4-5,7,14H2. The fraction of sp³-hybridized carbons (Fsp3) is 0.250. The molecule has 1 heterocycles. The Morgan fingerprint density at radius 1 is 1.41 bits per heavy atom. The highest BCUT2D eigenvalue weighted by Gasteiger charge is 2.01. The van der Waals surface area contributed by atoms with Crippen molar-refractivity contribution in [3.63, 3.8) is 0 Å². The van der Waals surface area contributed by atoms with Crippen molar-refractivity contribution < 1.29 is 4.74 Å². The van der Waals surface area contributed by atoms with Crippen LogP contribution in [0.25, 0.3) is 0 Å². The van der Waals surface area contributed by atoms with Crippen LogP contribution >= 0.6 is 22.9 Å². The molecule has 0 saturated carbocycles. The molecule has 3 nitrogen and oxygen atoms in total. The van der Waals surface area contributed by atoms with Gasteiger partial charge in [0, 0.05) is 23.4 Å². The zero-order chi connectivity index (χ0) is 12.1. The summed E-state index contributed by atoms with van der Waals surface area (Å²) in [4.78, 5) is 4.36. The van der Waals surface area contributed by atoms with Gasteiger partial charge in [0.15, 0.2) is 0 Å². The highest BCUT2D eigenvalue weighted by molar-refractivity contribution is 7.09. The molecule has 0 aliphatic carbocycles. The van der Waals surface area contributed by atoms with Gasteiger partial charge in [-0.25, -0.2) is 4.98 Å². The number of rotatable bonds is 5. The maximum Gasteiger partial charge on any atom is 0.120 e. The van der Waals surface area contributed by atoms with E-state index in [1.807, 2.05) is 23.6 Å². The van der Waals surface area contributed by atoms with Gasteiger partial charge in [0.05, 0.1) is 12.3 Å². The third-order valence-electron chi connectivity index (χ3n) is 2.20. The Kier molecular flexibility index (Phi) is 4.36. The molecular formula is C12H13ClN2OS. The molecule has 0 unspecified atom stereocenters. The average molecular weight is 269 g/mol. The third-order valence-corrected chi connectivity index (χ3v) is 3.35. The van der Waals surface area contributed by atoms with Crippen molar-refractivity contribution in [2.45, 2.75) is 13.0 Å². The summed E-state index contributed by atoms with van der Waals surface area (Å²) in [6.07, 6.45) is 0.781. The molecule has 5 heteroatoms. The first-order chi connectivity index (χ1) is 8.28. The largest absolute Gasteiger partial charge is 0.493 e. The minimum Gasteiger partial charge on any atom is -0.493 e. The van der Waals surface area contributed by atoms with Crippen molar-refractivity contribution in [1.29, 1.82) is 0 Å². The number of aromatic nitrogens is 1. The highest BCUT2D eigenvalue weighted by Crippen LogP contribution is 2.17. The number of nitrogens with two attached hydrogens (primary N) is 1. The summed E-state index contributed by atoms with van der Waals surface area (Å²) in [5.74, 6) is 0.784. The van der Waals surface area contributed by atoms with E-state index in [0.717, 1.165) is 22.9 Å². The van der Waals surface area contributed by atoms with Crippen LogP contribution in [0.5, 0.6) is 5.75 Å². The number of nitrogens with zero attached hydrogens (tertiary/aromatic N) is 1. The Morgan fingerprint density at radius 2 is 2.29 bits per heavy atom. The van der Waals surface area contributed by atoms with Gasteiger partial charge >= 0.3 is 0 Å². The van der Waals surface area contributed by atoms with Gasteiger partial charge in [0.25, 0.3) is 0 Å². The zero-order valence-electron chi connectivity index (χ0n) is 9.23. The van der Waals surface area contributed by atoms with E-state index in [0.29, 0.717) is 18.2 Å². The molecule has 2 rings (SSSR count). The van der Waals surface area contributed by atoms with Gasteiger partial charge in [-0.3, -0.25) is 0 Å². The Hall–Kier alpha value is -1.10. The molecule has 0 aliphatic rings. The minimum atomic E-state index is 0.500. The molecule has 1 aromatic carbocycles. The van der Waals surface area contributed by atoms with E-state index >= 15 is 0 Å². The molecule has 1 aromatic heterocycles. The monoisotopic (exact) mass is 268 g/mol. The molecule has 17 heavy (non-hydrogen) atoms. The Bertz CT molecular complexity index is 487. The van der Waals surface area contributed by atoms with Crippen molar-refractivity contribution in [3.8, 4) is 5.75 Å². The summed E-state index contributed by atoms with van der Waals surface area (Å²) < 4.78 is 5.58. The van der Waals surface area contributed by atoms with Crippen LogP contribution in [0.4, 0.5) is 0 Å². The van der Waals surface area contributed by atoms with Crippen molar-refractivity contribution in [3.05, 3.63) is 45.4 Å². The molecule has 0 atom stereocenters. The Labute approximate surface area is 109 Å². The molecule has 0 amide bonds. The summed E-state index contributed by atoms with van der Waals surface area (Å²) in [6, 6.07) is 7.38. The quantitative estimate of drug-likeness (QED) is 0.907. The van der Waals surface area contributed by atoms with E-state index < -0.39 is 0 Å². The van der Waals surface area contributed by atoms with Gasteiger partial charge in [0.2, 0.25) is 0 Å². The van der Waals surface area contributed by atoms with Crippen LogP contribution in [0.2, 0.25) is 5.02 Å². The van der Waals surface area contributed by atoms with Crippen LogP contribution in [0, 0.1) is 0 Å². The molecule has 0 bridgehead atoms. The van der Waals surface area contributed by atoms with E-state index in [1.165, 1.54) is 0 Å². The fourth-order valence-corrected chi connectivity index (χ4v) is 2.28. The Morgan fingerprint density at radius 3 is 3.00 bits per heavy atom. The fourth-order valence-electron chi connectivity index (χ4n) is 1.39. The summed E-state index contributed by atoms with van der Waals surface area (Å²) >= 11 is 7.44. The van der Waals surface area contributed by atoms with Crippen molar-refractivity contribution >= 4 is 22.9 Å². The second-order valence-electron chi connectivity index (χ2n) is 3.49. The molecule has 0 fully saturated rings. The number of benzene rings is 1. The van der Waals surface area contributed by atoms with Crippen LogP contribution in [0.15, 0.2) is 29.6 Å². The number of halogens is 1. The topological polar surface area (TPSA) is 48.1 Å². The lowest BCUT2D eigenvalue weighted by molar-refractivity contribution is 0.320. The van der Waals surface area contributed by atoms with Gasteiger partial charge in [-0.05, 0) is 18.2 Å². The Balaban J connectivity index is 1.83. The number of hydrogen-bond donors (Lipinski definition) is 1. The molecular weight excluding hydrogens is 256 g/mol. The van der Waals surface area contributed by atoms with Crippen LogP contribution in [-0.2, 0) is 13.0 Å². The van der Waals surface area contributed by atoms with Crippen LogP contribution in [-0.4, -0.2) is 11.6 Å². The van der Waals surface area contributed by atoms with Crippen LogP contribution in [0.1, 0.15) is 10.7 Å². The lowest BCUT2D eigenvalue weighted by Gasteiger charge is -2.04. The molecule has 90 valence electrons. The second kappa shape index (κ2) is 6.00. The average Bonchev–Trinajstić information content (AvgIpc) is 2.77. The van der Waals surface area contributed by atoms with E-state index in [1.54, 1.807) is 17.4 Å². The zero-order valence-corrected chi connectivity index (χ0v) is 10.8. The van der Waals surface area contributed by atoms with E-state index in [4.69, 9.17) is 22.1 Å². The maximum absolute atomic E-state index is 5.86. The second-order valence-corrected chi connectivity index (χ2v) is 4.87. The molecule has 2 N–H and O–H groups in total. The predicted octanol–water partition coefficient (Wildman–Crippen LogP) is 2.88. The number of hydrogen-bond acceptors (Lipinski definition) is 4.